The fourth-order valence-corrected chi connectivity index (χ4v) is 1.67. The second-order valence-corrected chi connectivity index (χ2v) is 4.39. The number of amides is 3. The maximum absolute atomic E-state index is 11.9. The van der Waals surface area contributed by atoms with Crippen molar-refractivity contribution >= 4 is 17.9 Å². The average molecular weight is 273 g/mol. The van der Waals surface area contributed by atoms with E-state index < -0.39 is 30.0 Å². The molecule has 0 aliphatic heterocycles. The van der Waals surface area contributed by atoms with E-state index in [0.717, 1.165) is 6.42 Å². The first-order valence-corrected chi connectivity index (χ1v) is 6.51. The van der Waals surface area contributed by atoms with Gasteiger partial charge >= 0.3 is 12.0 Å². The Morgan fingerprint density at radius 2 is 1.68 bits per heavy atom. The van der Waals surface area contributed by atoms with E-state index in [1.807, 2.05) is 13.8 Å². The predicted octanol–water partition coefficient (Wildman–Crippen LogP) is 0.583. The molecule has 0 spiro atoms. The van der Waals surface area contributed by atoms with Gasteiger partial charge in [0.2, 0.25) is 5.91 Å². The van der Waals surface area contributed by atoms with Crippen LogP contribution in [-0.2, 0) is 9.59 Å². The van der Waals surface area contributed by atoms with Crippen LogP contribution in [0, 0.1) is 0 Å². The lowest BCUT2D eigenvalue weighted by Gasteiger charge is -2.20. The molecule has 0 bridgehead atoms. The van der Waals surface area contributed by atoms with Gasteiger partial charge in [0.15, 0.2) is 0 Å². The number of unbranched alkanes of at least 4 members (excludes halogenated alkanes) is 1. The molecule has 0 fully saturated rings. The number of hydrogen-bond donors (Lipinski definition) is 4. The zero-order valence-electron chi connectivity index (χ0n) is 11.4. The van der Waals surface area contributed by atoms with Crippen LogP contribution in [-0.4, -0.2) is 35.1 Å². The fourth-order valence-electron chi connectivity index (χ4n) is 1.67. The molecule has 3 amide bonds. The van der Waals surface area contributed by atoms with E-state index in [4.69, 9.17) is 10.8 Å². The Morgan fingerprint density at radius 1 is 1.05 bits per heavy atom. The molecule has 0 aromatic rings. The van der Waals surface area contributed by atoms with Crippen molar-refractivity contribution in [3.63, 3.8) is 0 Å². The van der Waals surface area contributed by atoms with Crippen molar-refractivity contribution in [3.05, 3.63) is 0 Å². The zero-order chi connectivity index (χ0) is 14.8. The Balaban J connectivity index is 4.55. The van der Waals surface area contributed by atoms with Gasteiger partial charge in [-0.1, -0.05) is 33.1 Å². The van der Waals surface area contributed by atoms with E-state index >= 15 is 0 Å². The number of carbonyl (C=O) groups excluding carboxylic acids is 2. The van der Waals surface area contributed by atoms with Gasteiger partial charge in [0.25, 0.3) is 0 Å². The first-order chi connectivity index (χ1) is 8.92. The van der Waals surface area contributed by atoms with E-state index in [9.17, 15) is 14.4 Å². The van der Waals surface area contributed by atoms with Crippen LogP contribution in [0.15, 0.2) is 0 Å². The first-order valence-electron chi connectivity index (χ1n) is 6.51. The van der Waals surface area contributed by atoms with Crippen molar-refractivity contribution in [1.29, 1.82) is 0 Å². The molecule has 0 saturated heterocycles. The molecule has 0 unspecified atom stereocenters. The molecule has 0 aliphatic rings. The Bertz CT molecular complexity index is 320. The second-order valence-electron chi connectivity index (χ2n) is 4.39. The Kier molecular flexibility index (Phi) is 8.32. The first kappa shape index (κ1) is 17.2. The van der Waals surface area contributed by atoms with Gasteiger partial charge in [-0.25, -0.2) is 9.59 Å². The van der Waals surface area contributed by atoms with Crippen LogP contribution in [0.3, 0.4) is 0 Å². The third-order valence-electron chi connectivity index (χ3n) is 2.67. The smallest absolute Gasteiger partial charge is 0.326 e. The predicted molar refractivity (Wildman–Crippen MR) is 70.5 cm³/mol. The number of rotatable bonds is 9. The van der Waals surface area contributed by atoms with Crippen LogP contribution in [0.5, 0.6) is 0 Å². The van der Waals surface area contributed by atoms with Crippen molar-refractivity contribution in [1.82, 2.24) is 10.6 Å². The number of nitrogens with one attached hydrogen (secondary N) is 2. The van der Waals surface area contributed by atoms with Crippen LogP contribution in [0.25, 0.3) is 0 Å². The normalized spacial score (nSPS) is 13.4. The lowest BCUT2D eigenvalue weighted by Crippen LogP contribution is -2.52. The highest BCUT2D eigenvalue weighted by Crippen LogP contribution is 2.03. The number of nitrogens with two attached hydrogens (primary N) is 1. The summed E-state index contributed by atoms with van der Waals surface area (Å²) in [5.74, 6) is -1.58. The molecule has 0 heterocycles. The molecule has 7 nitrogen and oxygen atoms in total. The number of carboxylic acid groups (broad SMARTS) is 1. The van der Waals surface area contributed by atoms with Gasteiger partial charge in [0, 0.05) is 0 Å². The number of hydrogen-bond acceptors (Lipinski definition) is 3. The Labute approximate surface area is 112 Å². The molecule has 2 atom stereocenters. The molecule has 0 saturated carbocycles. The lowest BCUT2D eigenvalue weighted by molar-refractivity contribution is -0.142. The molecule has 0 aromatic heterocycles. The van der Waals surface area contributed by atoms with E-state index in [0.29, 0.717) is 25.7 Å². The minimum atomic E-state index is -1.07. The monoisotopic (exact) mass is 273 g/mol. The number of aliphatic carboxylic acids is 1. The minimum absolute atomic E-state index is 0.368. The van der Waals surface area contributed by atoms with Gasteiger partial charge in [-0.05, 0) is 12.8 Å². The lowest BCUT2D eigenvalue weighted by atomic mass is 10.1. The third kappa shape index (κ3) is 7.28. The summed E-state index contributed by atoms with van der Waals surface area (Å²) in [6, 6.07) is -2.51. The standard InChI is InChI=1S/C12H23N3O4/c1-3-5-7-9(11(17)18)14-10(16)8(6-4-2)15-12(13)19/h8-9H,3-7H2,1-2H3,(H,14,16)(H,17,18)(H3,13,15,19)/t8-,9+/m1/s1. The quantitative estimate of drug-likeness (QED) is 0.491. The summed E-state index contributed by atoms with van der Waals surface area (Å²) >= 11 is 0. The minimum Gasteiger partial charge on any atom is -0.480 e. The zero-order valence-corrected chi connectivity index (χ0v) is 11.4. The highest BCUT2D eigenvalue weighted by atomic mass is 16.4. The summed E-state index contributed by atoms with van der Waals surface area (Å²) in [6.45, 7) is 3.80. The van der Waals surface area contributed by atoms with Crippen molar-refractivity contribution in [2.75, 3.05) is 0 Å². The maximum Gasteiger partial charge on any atom is 0.326 e. The maximum atomic E-state index is 11.9. The van der Waals surface area contributed by atoms with E-state index in [2.05, 4.69) is 10.6 Å². The van der Waals surface area contributed by atoms with Gasteiger partial charge in [-0.3, -0.25) is 4.79 Å². The SMILES string of the molecule is CCCC[C@H](NC(=O)[C@@H](CCC)NC(N)=O)C(=O)O. The molecule has 0 radical (unpaired) electrons. The van der Waals surface area contributed by atoms with Crippen LogP contribution in [0.4, 0.5) is 4.79 Å². The van der Waals surface area contributed by atoms with Gasteiger partial charge in [-0.15, -0.1) is 0 Å². The van der Waals surface area contributed by atoms with E-state index in [-0.39, 0.29) is 0 Å². The van der Waals surface area contributed by atoms with Crippen LogP contribution in [0.2, 0.25) is 0 Å². The number of carbonyl (C=O) groups is 3. The third-order valence-corrected chi connectivity index (χ3v) is 2.67. The van der Waals surface area contributed by atoms with Crippen LogP contribution >= 0.6 is 0 Å². The van der Waals surface area contributed by atoms with Crippen molar-refractivity contribution in [3.8, 4) is 0 Å². The molecule has 0 aliphatic carbocycles. The molecular weight excluding hydrogens is 250 g/mol. The molecular formula is C12H23N3O4. The molecule has 19 heavy (non-hydrogen) atoms. The summed E-state index contributed by atoms with van der Waals surface area (Å²) in [5.41, 5.74) is 4.99. The molecule has 110 valence electrons. The topological polar surface area (TPSA) is 122 Å². The van der Waals surface area contributed by atoms with Gasteiger partial charge in [0.1, 0.15) is 12.1 Å². The second kappa shape index (κ2) is 9.18. The van der Waals surface area contributed by atoms with Crippen LogP contribution in [0.1, 0.15) is 46.0 Å². The summed E-state index contributed by atoms with van der Waals surface area (Å²) in [7, 11) is 0. The number of primary amides is 1. The number of urea groups is 1. The molecule has 0 aromatic carbocycles. The van der Waals surface area contributed by atoms with Crippen LogP contribution < -0.4 is 16.4 Å². The average Bonchev–Trinajstić information content (AvgIpc) is 2.32. The molecule has 7 heteroatoms. The van der Waals surface area contributed by atoms with Crippen molar-refractivity contribution in [2.24, 2.45) is 5.73 Å². The van der Waals surface area contributed by atoms with E-state index in [1.165, 1.54) is 0 Å². The van der Waals surface area contributed by atoms with Crippen molar-refractivity contribution in [2.45, 2.75) is 58.0 Å². The van der Waals surface area contributed by atoms with Gasteiger partial charge < -0.3 is 21.5 Å². The highest BCUT2D eigenvalue weighted by molar-refractivity contribution is 5.89. The Morgan fingerprint density at radius 3 is 2.11 bits per heavy atom. The Hall–Kier alpha value is -1.79. The van der Waals surface area contributed by atoms with E-state index in [1.54, 1.807) is 0 Å². The summed E-state index contributed by atoms with van der Waals surface area (Å²) in [5, 5.41) is 13.8. The highest BCUT2D eigenvalue weighted by Gasteiger charge is 2.24. The summed E-state index contributed by atoms with van der Waals surface area (Å²) in [6.07, 6.45) is 3.00. The fraction of sp³-hybridized carbons (Fsp3) is 0.750. The molecule has 0 rings (SSSR count). The number of carboxylic acids is 1. The van der Waals surface area contributed by atoms with Crippen molar-refractivity contribution < 1.29 is 19.5 Å². The largest absolute Gasteiger partial charge is 0.480 e. The van der Waals surface area contributed by atoms with Gasteiger partial charge in [0.05, 0.1) is 0 Å². The summed E-state index contributed by atoms with van der Waals surface area (Å²) in [4.78, 5) is 33.7. The van der Waals surface area contributed by atoms with Gasteiger partial charge in [-0.2, -0.15) is 0 Å². The summed E-state index contributed by atoms with van der Waals surface area (Å²) < 4.78 is 0. The molecule has 5 N–H and O–H groups in total.